The molecule has 0 aromatic heterocycles. The monoisotopic (exact) mass is 242 g/mol. The molecule has 0 aromatic carbocycles. The number of halogens is 4. The minimum Gasteiger partial charge on any atom is -0.313 e. The molecule has 2 N–H and O–H groups in total. The molecule has 0 aliphatic heterocycles. The van der Waals surface area contributed by atoms with Crippen LogP contribution in [0.2, 0.25) is 0 Å². The van der Waals surface area contributed by atoms with Gasteiger partial charge in [-0.2, -0.15) is 8.78 Å². The highest BCUT2D eigenvalue weighted by atomic mass is 19.3. The van der Waals surface area contributed by atoms with E-state index >= 15 is 0 Å². The summed E-state index contributed by atoms with van der Waals surface area (Å²) in [5.41, 5.74) is 0. The second-order valence-corrected chi connectivity index (χ2v) is 4.17. The molecule has 1 saturated carbocycles. The second-order valence-electron chi connectivity index (χ2n) is 4.17. The largest absolute Gasteiger partial charge is 0.319 e. The molecular formula is C10H18F4N2. The third-order valence-electron chi connectivity index (χ3n) is 2.77. The highest BCUT2D eigenvalue weighted by Gasteiger charge is 2.39. The number of hydrogen-bond acceptors (Lipinski definition) is 2. The highest BCUT2D eigenvalue weighted by Crippen LogP contribution is 2.21. The Morgan fingerprint density at radius 2 is 1.75 bits per heavy atom. The standard InChI is InChI=1S/C10H18F4N2/c11-9(12)10(13,14)7-15-5-6-16-8-3-1-2-4-8/h8-9,15-16H,1-7H2. The van der Waals surface area contributed by atoms with Crippen molar-refractivity contribution in [2.24, 2.45) is 0 Å². The molecule has 0 bridgehead atoms. The van der Waals surface area contributed by atoms with Gasteiger partial charge >= 0.3 is 12.3 Å². The van der Waals surface area contributed by atoms with E-state index in [1.165, 1.54) is 12.8 Å². The summed E-state index contributed by atoms with van der Waals surface area (Å²) in [6, 6.07) is 0.470. The van der Waals surface area contributed by atoms with Crippen LogP contribution in [0.3, 0.4) is 0 Å². The van der Waals surface area contributed by atoms with Crippen LogP contribution >= 0.6 is 0 Å². The lowest BCUT2D eigenvalue weighted by molar-refractivity contribution is -0.125. The summed E-state index contributed by atoms with van der Waals surface area (Å²) < 4.78 is 48.4. The first-order valence-electron chi connectivity index (χ1n) is 5.62. The van der Waals surface area contributed by atoms with Gasteiger partial charge in [-0.15, -0.1) is 0 Å². The molecule has 1 rings (SSSR count). The van der Waals surface area contributed by atoms with Crippen molar-refractivity contribution < 1.29 is 17.6 Å². The van der Waals surface area contributed by atoms with Gasteiger partial charge in [-0.25, -0.2) is 8.78 Å². The lowest BCUT2D eigenvalue weighted by atomic mass is 10.2. The predicted molar refractivity (Wildman–Crippen MR) is 54.1 cm³/mol. The number of hydrogen-bond donors (Lipinski definition) is 2. The van der Waals surface area contributed by atoms with E-state index in [-0.39, 0.29) is 0 Å². The quantitative estimate of drug-likeness (QED) is 0.527. The fourth-order valence-electron chi connectivity index (χ4n) is 1.83. The zero-order valence-corrected chi connectivity index (χ0v) is 9.12. The fourth-order valence-corrected chi connectivity index (χ4v) is 1.83. The van der Waals surface area contributed by atoms with Crippen molar-refractivity contribution in [2.75, 3.05) is 19.6 Å². The number of nitrogens with one attached hydrogen (secondary N) is 2. The van der Waals surface area contributed by atoms with Gasteiger partial charge in [-0.3, -0.25) is 0 Å². The molecule has 1 aliphatic carbocycles. The maximum Gasteiger partial charge on any atom is 0.319 e. The van der Waals surface area contributed by atoms with E-state index in [0.29, 0.717) is 19.1 Å². The summed E-state index contributed by atoms with van der Waals surface area (Å²) in [5.74, 6) is -3.92. The van der Waals surface area contributed by atoms with Gasteiger partial charge in [0.05, 0.1) is 6.54 Å². The Morgan fingerprint density at radius 3 is 2.31 bits per heavy atom. The molecule has 0 spiro atoms. The Morgan fingerprint density at radius 1 is 1.12 bits per heavy atom. The van der Waals surface area contributed by atoms with Gasteiger partial charge in [-0.1, -0.05) is 12.8 Å². The van der Waals surface area contributed by atoms with Gasteiger partial charge in [0, 0.05) is 19.1 Å². The molecular weight excluding hydrogens is 224 g/mol. The van der Waals surface area contributed by atoms with Crippen LogP contribution < -0.4 is 10.6 Å². The highest BCUT2D eigenvalue weighted by molar-refractivity contribution is 4.75. The molecule has 6 heteroatoms. The first-order chi connectivity index (χ1) is 7.52. The fraction of sp³-hybridized carbons (Fsp3) is 1.00. The van der Waals surface area contributed by atoms with E-state index in [1.807, 2.05) is 0 Å². The Kier molecular flexibility index (Phi) is 5.48. The first-order valence-corrected chi connectivity index (χ1v) is 5.62. The van der Waals surface area contributed by atoms with Crippen molar-refractivity contribution in [3.8, 4) is 0 Å². The van der Waals surface area contributed by atoms with Crippen LogP contribution in [-0.4, -0.2) is 38.0 Å². The molecule has 0 saturated heterocycles. The van der Waals surface area contributed by atoms with Gasteiger partial charge in [0.1, 0.15) is 0 Å². The van der Waals surface area contributed by atoms with Gasteiger partial charge in [0.2, 0.25) is 0 Å². The van der Waals surface area contributed by atoms with E-state index in [9.17, 15) is 17.6 Å². The van der Waals surface area contributed by atoms with Crippen molar-refractivity contribution in [1.82, 2.24) is 10.6 Å². The molecule has 0 aromatic rings. The van der Waals surface area contributed by atoms with Crippen LogP contribution in [0.15, 0.2) is 0 Å². The van der Waals surface area contributed by atoms with E-state index in [1.54, 1.807) is 0 Å². The number of alkyl halides is 4. The van der Waals surface area contributed by atoms with Gasteiger partial charge in [0.15, 0.2) is 0 Å². The maximum atomic E-state index is 12.4. The van der Waals surface area contributed by atoms with Crippen molar-refractivity contribution in [3.05, 3.63) is 0 Å². The predicted octanol–water partition coefficient (Wildman–Crippen LogP) is 2.01. The molecule has 96 valence electrons. The van der Waals surface area contributed by atoms with Gasteiger partial charge in [-0.05, 0) is 12.8 Å². The minimum absolute atomic E-state index is 0.290. The molecule has 1 fully saturated rings. The van der Waals surface area contributed by atoms with Crippen LogP contribution in [0.5, 0.6) is 0 Å². The van der Waals surface area contributed by atoms with Crippen LogP contribution in [-0.2, 0) is 0 Å². The minimum atomic E-state index is -3.92. The first kappa shape index (κ1) is 13.7. The van der Waals surface area contributed by atoms with Crippen LogP contribution in [0.1, 0.15) is 25.7 Å². The summed E-state index contributed by atoms with van der Waals surface area (Å²) in [4.78, 5) is 0. The summed E-state index contributed by atoms with van der Waals surface area (Å²) in [5, 5.41) is 5.54. The lowest BCUT2D eigenvalue weighted by Crippen LogP contribution is -2.42. The number of rotatable bonds is 7. The third-order valence-corrected chi connectivity index (χ3v) is 2.77. The van der Waals surface area contributed by atoms with E-state index in [4.69, 9.17) is 0 Å². The summed E-state index contributed by atoms with van der Waals surface area (Å²) in [7, 11) is 0. The zero-order chi connectivity index (χ0) is 12.0. The molecule has 0 unspecified atom stereocenters. The molecule has 0 heterocycles. The molecule has 0 amide bonds. The molecule has 1 aliphatic rings. The van der Waals surface area contributed by atoms with Crippen molar-refractivity contribution >= 4 is 0 Å². The maximum absolute atomic E-state index is 12.4. The van der Waals surface area contributed by atoms with Crippen LogP contribution in [0.4, 0.5) is 17.6 Å². The molecule has 0 atom stereocenters. The summed E-state index contributed by atoms with van der Waals surface area (Å²) in [6.07, 6.45) is 1.05. The Labute approximate surface area is 92.8 Å². The Hall–Kier alpha value is -0.360. The van der Waals surface area contributed by atoms with Crippen LogP contribution in [0, 0.1) is 0 Å². The van der Waals surface area contributed by atoms with Crippen molar-refractivity contribution in [3.63, 3.8) is 0 Å². The van der Waals surface area contributed by atoms with Gasteiger partial charge in [0.25, 0.3) is 0 Å². The topological polar surface area (TPSA) is 24.1 Å². The summed E-state index contributed by atoms with van der Waals surface area (Å²) in [6.45, 7) is -0.125. The average Bonchev–Trinajstić information content (AvgIpc) is 2.69. The van der Waals surface area contributed by atoms with Crippen molar-refractivity contribution in [1.29, 1.82) is 0 Å². The zero-order valence-electron chi connectivity index (χ0n) is 9.12. The SMILES string of the molecule is FC(F)C(F)(F)CNCCNC1CCCC1. The molecule has 16 heavy (non-hydrogen) atoms. The van der Waals surface area contributed by atoms with Crippen LogP contribution in [0.25, 0.3) is 0 Å². The van der Waals surface area contributed by atoms with Crippen molar-refractivity contribution in [2.45, 2.75) is 44.1 Å². The van der Waals surface area contributed by atoms with E-state index in [2.05, 4.69) is 10.6 Å². The molecule has 2 nitrogen and oxygen atoms in total. The Balaban J connectivity index is 1.99. The Bertz CT molecular complexity index is 193. The van der Waals surface area contributed by atoms with E-state index < -0.39 is 18.9 Å². The third kappa shape index (κ3) is 4.65. The average molecular weight is 242 g/mol. The van der Waals surface area contributed by atoms with Gasteiger partial charge < -0.3 is 10.6 Å². The summed E-state index contributed by atoms with van der Waals surface area (Å²) >= 11 is 0. The van der Waals surface area contributed by atoms with E-state index in [0.717, 1.165) is 12.8 Å². The smallest absolute Gasteiger partial charge is 0.313 e. The molecule has 0 radical (unpaired) electrons. The normalized spacial score (nSPS) is 18.6. The second kappa shape index (κ2) is 6.39. The lowest BCUT2D eigenvalue weighted by Gasteiger charge is -2.16.